The first-order valence-electron chi connectivity index (χ1n) is 6.23. The molecule has 1 heterocycles. The van der Waals surface area contributed by atoms with Crippen molar-refractivity contribution in [3.8, 4) is 0 Å². The molecule has 4 heteroatoms. The fourth-order valence-corrected chi connectivity index (χ4v) is 4.21. The summed E-state index contributed by atoms with van der Waals surface area (Å²) in [5.74, 6) is 0. The van der Waals surface area contributed by atoms with E-state index in [2.05, 4.69) is 6.92 Å². The number of nitrogens with zero attached hydrogens (tertiary/aromatic N) is 1. The molecule has 0 aliphatic carbocycles. The standard InChI is InChI=1S/C13H19NO2S/c1-2-12-8-6-7-11-14(12)17(15,16)13-9-4-3-5-10-13/h3-5,9-10,12H,2,6-8,11H2,1H3/t12-/m1/s1. The second-order valence-corrected chi connectivity index (χ2v) is 6.38. The molecule has 0 bridgehead atoms. The molecule has 1 atom stereocenters. The largest absolute Gasteiger partial charge is 0.243 e. The highest BCUT2D eigenvalue weighted by atomic mass is 32.2. The normalized spacial score (nSPS) is 22.5. The highest BCUT2D eigenvalue weighted by Gasteiger charge is 2.32. The van der Waals surface area contributed by atoms with Crippen LogP contribution < -0.4 is 0 Å². The fraction of sp³-hybridized carbons (Fsp3) is 0.538. The monoisotopic (exact) mass is 253 g/mol. The molecule has 1 saturated heterocycles. The smallest absolute Gasteiger partial charge is 0.207 e. The van der Waals surface area contributed by atoms with Crippen molar-refractivity contribution in [3.05, 3.63) is 30.3 Å². The summed E-state index contributed by atoms with van der Waals surface area (Å²) in [5.41, 5.74) is 0. The Morgan fingerprint density at radius 1 is 1.24 bits per heavy atom. The zero-order valence-corrected chi connectivity index (χ0v) is 11.0. The molecule has 0 amide bonds. The first-order valence-corrected chi connectivity index (χ1v) is 7.67. The number of hydrogen-bond acceptors (Lipinski definition) is 2. The van der Waals surface area contributed by atoms with Crippen molar-refractivity contribution in [2.45, 2.75) is 43.5 Å². The van der Waals surface area contributed by atoms with Crippen molar-refractivity contribution in [2.24, 2.45) is 0 Å². The van der Waals surface area contributed by atoms with Gasteiger partial charge >= 0.3 is 0 Å². The van der Waals surface area contributed by atoms with Gasteiger partial charge in [-0.3, -0.25) is 0 Å². The van der Waals surface area contributed by atoms with Crippen LogP contribution in [-0.2, 0) is 10.0 Å². The minimum atomic E-state index is -3.29. The molecule has 0 spiro atoms. The van der Waals surface area contributed by atoms with Gasteiger partial charge in [-0.1, -0.05) is 31.5 Å². The maximum Gasteiger partial charge on any atom is 0.243 e. The Balaban J connectivity index is 2.31. The molecule has 1 aromatic rings. The van der Waals surface area contributed by atoms with E-state index >= 15 is 0 Å². The van der Waals surface area contributed by atoms with E-state index < -0.39 is 10.0 Å². The number of benzene rings is 1. The van der Waals surface area contributed by atoms with Gasteiger partial charge in [-0.15, -0.1) is 0 Å². The van der Waals surface area contributed by atoms with Gasteiger partial charge in [0, 0.05) is 12.6 Å². The van der Waals surface area contributed by atoms with Gasteiger partial charge in [0.15, 0.2) is 0 Å². The van der Waals surface area contributed by atoms with Crippen molar-refractivity contribution >= 4 is 10.0 Å². The fourth-order valence-electron chi connectivity index (χ4n) is 2.43. The Hall–Kier alpha value is -0.870. The predicted octanol–water partition coefficient (Wildman–Crippen LogP) is 2.64. The maximum absolute atomic E-state index is 12.5. The SMILES string of the molecule is CC[C@@H]1CCCCN1S(=O)(=O)c1ccccc1. The van der Waals surface area contributed by atoms with Crippen molar-refractivity contribution in [1.29, 1.82) is 0 Å². The van der Waals surface area contributed by atoms with Crippen LogP contribution in [0.5, 0.6) is 0 Å². The van der Waals surface area contributed by atoms with E-state index in [0.717, 1.165) is 25.7 Å². The lowest BCUT2D eigenvalue weighted by molar-refractivity contribution is 0.246. The van der Waals surface area contributed by atoms with E-state index in [1.54, 1.807) is 28.6 Å². The summed E-state index contributed by atoms with van der Waals surface area (Å²) in [6, 6.07) is 8.92. The Bertz CT molecular complexity index is 456. The first kappa shape index (κ1) is 12.6. The van der Waals surface area contributed by atoms with Crippen LogP contribution in [0.3, 0.4) is 0 Å². The van der Waals surface area contributed by atoms with Gasteiger partial charge in [0.05, 0.1) is 4.90 Å². The zero-order valence-electron chi connectivity index (χ0n) is 10.2. The summed E-state index contributed by atoms with van der Waals surface area (Å²) in [5, 5.41) is 0. The van der Waals surface area contributed by atoms with Crippen LogP contribution in [-0.4, -0.2) is 25.3 Å². The predicted molar refractivity (Wildman–Crippen MR) is 68.3 cm³/mol. The van der Waals surface area contributed by atoms with Crippen LogP contribution in [0.25, 0.3) is 0 Å². The molecule has 1 aliphatic rings. The van der Waals surface area contributed by atoms with Crippen LogP contribution >= 0.6 is 0 Å². The summed E-state index contributed by atoms with van der Waals surface area (Å²) < 4.78 is 26.7. The summed E-state index contributed by atoms with van der Waals surface area (Å²) in [6.45, 7) is 2.72. The molecule has 0 saturated carbocycles. The summed E-state index contributed by atoms with van der Waals surface area (Å²) in [6.07, 6.45) is 4.00. The highest BCUT2D eigenvalue weighted by molar-refractivity contribution is 7.89. The van der Waals surface area contributed by atoms with Gasteiger partial charge in [-0.05, 0) is 31.4 Å². The third-order valence-corrected chi connectivity index (χ3v) is 5.36. The lowest BCUT2D eigenvalue weighted by Crippen LogP contribution is -2.43. The first-order chi connectivity index (χ1) is 8.16. The lowest BCUT2D eigenvalue weighted by Gasteiger charge is -2.34. The minimum Gasteiger partial charge on any atom is -0.207 e. The average molecular weight is 253 g/mol. The molecule has 17 heavy (non-hydrogen) atoms. The average Bonchev–Trinajstić information content (AvgIpc) is 2.39. The third-order valence-electron chi connectivity index (χ3n) is 3.39. The summed E-state index contributed by atoms with van der Waals surface area (Å²) in [7, 11) is -3.29. The molecule has 1 aliphatic heterocycles. The molecule has 0 aromatic heterocycles. The Labute approximate surface area is 104 Å². The molecule has 0 radical (unpaired) electrons. The van der Waals surface area contributed by atoms with Crippen molar-refractivity contribution in [2.75, 3.05) is 6.54 Å². The molecule has 1 fully saturated rings. The van der Waals surface area contributed by atoms with Crippen molar-refractivity contribution in [3.63, 3.8) is 0 Å². The van der Waals surface area contributed by atoms with Gasteiger partial charge in [0.1, 0.15) is 0 Å². The van der Waals surface area contributed by atoms with E-state index in [-0.39, 0.29) is 6.04 Å². The third kappa shape index (κ3) is 2.53. The van der Waals surface area contributed by atoms with Crippen LogP contribution in [0.15, 0.2) is 35.2 Å². The minimum absolute atomic E-state index is 0.175. The van der Waals surface area contributed by atoms with Crippen LogP contribution in [0, 0.1) is 0 Å². The van der Waals surface area contributed by atoms with Crippen molar-refractivity contribution < 1.29 is 8.42 Å². The molecule has 0 unspecified atom stereocenters. The van der Waals surface area contributed by atoms with E-state index in [4.69, 9.17) is 0 Å². The van der Waals surface area contributed by atoms with Gasteiger partial charge in [0.2, 0.25) is 10.0 Å². The Kier molecular flexibility index (Phi) is 3.84. The van der Waals surface area contributed by atoms with Crippen LogP contribution in [0.4, 0.5) is 0 Å². The Morgan fingerprint density at radius 3 is 2.59 bits per heavy atom. The summed E-state index contributed by atoms with van der Waals surface area (Å²) >= 11 is 0. The zero-order chi connectivity index (χ0) is 12.3. The quantitative estimate of drug-likeness (QED) is 0.830. The summed E-state index contributed by atoms with van der Waals surface area (Å²) in [4.78, 5) is 0.417. The molecule has 1 aromatic carbocycles. The molecule has 3 nitrogen and oxygen atoms in total. The van der Waals surface area contributed by atoms with Crippen LogP contribution in [0.1, 0.15) is 32.6 Å². The van der Waals surface area contributed by atoms with E-state index in [9.17, 15) is 8.42 Å². The molecule has 94 valence electrons. The number of rotatable bonds is 3. The topological polar surface area (TPSA) is 37.4 Å². The maximum atomic E-state index is 12.5. The van der Waals surface area contributed by atoms with E-state index in [1.807, 2.05) is 6.07 Å². The second kappa shape index (κ2) is 5.19. The van der Waals surface area contributed by atoms with Crippen molar-refractivity contribution in [1.82, 2.24) is 4.31 Å². The lowest BCUT2D eigenvalue weighted by atomic mass is 10.0. The van der Waals surface area contributed by atoms with Crippen LogP contribution in [0.2, 0.25) is 0 Å². The second-order valence-electron chi connectivity index (χ2n) is 4.49. The van der Waals surface area contributed by atoms with E-state index in [1.165, 1.54) is 0 Å². The Morgan fingerprint density at radius 2 is 1.94 bits per heavy atom. The molecular formula is C13H19NO2S. The van der Waals surface area contributed by atoms with Gasteiger partial charge in [0.25, 0.3) is 0 Å². The van der Waals surface area contributed by atoms with Gasteiger partial charge < -0.3 is 0 Å². The number of hydrogen-bond donors (Lipinski definition) is 0. The molecule has 0 N–H and O–H groups in total. The number of piperidine rings is 1. The van der Waals surface area contributed by atoms with Gasteiger partial charge in [-0.2, -0.15) is 4.31 Å². The highest BCUT2D eigenvalue weighted by Crippen LogP contribution is 2.26. The van der Waals surface area contributed by atoms with E-state index in [0.29, 0.717) is 11.4 Å². The molecule has 2 rings (SSSR count). The molecular weight excluding hydrogens is 234 g/mol. The van der Waals surface area contributed by atoms with Gasteiger partial charge in [-0.25, -0.2) is 8.42 Å². The number of sulfonamides is 1.